The summed E-state index contributed by atoms with van der Waals surface area (Å²) in [5.74, 6) is -0.482. The van der Waals surface area contributed by atoms with Crippen LogP contribution < -0.4 is 5.32 Å². The number of carboxylic acid groups (broad SMARTS) is 1. The summed E-state index contributed by atoms with van der Waals surface area (Å²) in [5, 5.41) is 12.6. The van der Waals surface area contributed by atoms with E-state index in [1.165, 1.54) is 0 Å². The van der Waals surface area contributed by atoms with Gasteiger partial charge < -0.3 is 15.2 Å². The number of carboxylic acids is 1. The van der Waals surface area contributed by atoms with Gasteiger partial charge in [-0.1, -0.05) is 13.8 Å². The van der Waals surface area contributed by atoms with Gasteiger partial charge in [-0.05, 0) is 44.7 Å². The van der Waals surface area contributed by atoms with Crippen LogP contribution in [0.25, 0.3) is 0 Å². The molecule has 0 spiro atoms. The Morgan fingerprint density at radius 3 is 2.81 bits per heavy atom. The fourth-order valence-electron chi connectivity index (χ4n) is 2.93. The minimum atomic E-state index is -0.950. The van der Waals surface area contributed by atoms with E-state index in [0.717, 1.165) is 31.4 Å². The van der Waals surface area contributed by atoms with Crippen molar-refractivity contribution >= 4 is 11.8 Å². The molecule has 1 saturated heterocycles. The number of rotatable bonds is 5. The van der Waals surface area contributed by atoms with Crippen LogP contribution in [0.5, 0.6) is 0 Å². The number of ether oxygens (including phenoxy) is 1. The van der Waals surface area contributed by atoms with Crippen molar-refractivity contribution in [3.8, 4) is 0 Å². The van der Waals surface area contributed by atoms with Crippen LogP contribution in [0.1, 0.15) is 55.6 Å². The first-order chi connectivity index (χ1) is 9.99. The van der Waals surface area contributed by atoms with Gasteiger partial charge in [-0.3, -0.25) is 0 Å². The highest BCUT2D eigenvalue weighted by atomic mass is 16.5. The van der Waals surface area contributed by atoms with E-state index in [2.05, 4.69) is 24.1 Å². The molecule has 1 fully saturated rings. The van der Waals surface area contributed by atoms with E-state index in [1.54, 1.807) is 12.1 Å². The highest BCUT2D eigenvalue weighted by Crippen LogP contribution is 2.33. The molecule has 2 heterocycles. The molecule has 1 aromatic heterocycles. The lowest BCUT2D eigenvalue weighted by atomic mass is 9.86. The van der Waals surface area contributed by atoms with Crippen LogP contribution in [0.3, 0.4) is 0 Å². The number of aryl methyl sites for hydroxylation is 1. The minimum absolute atomic E-state index is 0.0941. The van der Waals surface area contributed by atoms with Crippen LogP contribution >= 0.6 is 0 Å². The van der Waals surface area contributed by atoms with E-state index in [1.807, 2.05) is 6.92 Å². The third-order valence-electron chi connectivity index (χ3n) is 4.39. The SMILES string of the molecule is CCC1(CC)CC(Nc2nc(C)ccc2C(=O)O)CCO1. The van der Waals surface area contributed by atoms with Crippen molar-refractivity contribution in [3.05, 3.63) is 23.4 Å². The van der Waals surface area contributed by atoms with Gasteiger partial charge >= 0.3 is 5.97 Å². The van der Waals surface area contributed by atoms with E-state index >= 15 is 0 Å². The van der Waals surface area contributed by atoms with Crippen molar-refractivity contribution in [3.63, 3.8) is 0 Å². The Kier molecular flexibility index (Phi) is 4.83. The molecule has 0 radical (unpaired) electrons. The standard InChI is InChI=1S/C16H24N2O3/c1-4-16(5-2)10-12(8-9-21-16)18-14-13(15(19)20)7-6-11(3)17-14/h6-7,12H,4-5,8-10H2,1-3H3,(H,17,18)(H,19,20). The summed E-state index contributed by atoms with van der Waals surface area (Å²) in [7, 11) is 0. The number of aromatic carboxylic acids is 1. The Bertz CT molecular complexity index is 512. The lowest BCUT2D eigenvalue weighted by molar-refractivity contribution is -0.0864. The van der Waals surface area contributed by atoms with Crippen LogP contribution in [-0.2, 0) is 4.74 Å². The quantitative estimate of drug-likeness (QED) is 0.871. The maximum absolute atomic E-state index is 11.3. The van der Waals surface area contributed by atoms with E-state index in [9.17, 15) is 9.90 Å². The summed E-state index contributed by atoms with van der Waals surface area (Å²) in [5.41, 5.74) is 0.945. The largest absolute Gasteiger partial charge is 0.478 e. The average molecular weight is 292 g/mol. The molecule has 1 atom stereocenters. The number of aromatic nitrogens is 1. The van der Waals surface area contributed by atoms with E-state index in [4.69, 9.17) is 4.74 Å². The number of hydrogen-bond acceptors (Lipinski definition) is 4. The third kappa shape index (κ3) is 3.53. The second-order valence-corrected chi connectivity index (χ2v) is 5.73. The summed E-state index contributed by atoms with van der Waals surface area (Å²) >= 11 is 0. The molecule has 1 aliphatic heterocycles. The van der Waals surface area contributed by atoms with Gasteiger partial charge in [0.25, 0.3) is 0 Å². The molecular formula is C16H24N2O3. The predicted molar refractivity (Wildman–Crippen MR) is 81.8 cm³/mol. The molecule has 0 aromatic carbocycles. The van der Waals surface area contributed by atoms with Crippen LogP contribution in [0.15, 0.2) is 12.1 Å². The molecule has 2 rings (SSSR count). The number of anilines is 1. The van der Waals surface area contributed by atoms with Crippen LogP contribution in [0.4, 0.5) is 5.82 Å². The van der Waals surface area contributed by atoms with Gasteiger partial charge in [0.15, 0.2) is 0 Å². The number of hydrogen-bond donors (Lipinski definition) is 2. The van der Waals surface area contributed by atoms with Crippen molar-refractivity contribution in [1.82, 2.24) is 4.98 Å². The van der Waals surface area contributed by atoms with Crippen molar-refractivity contribution in [2.24, 2.45) is 0 Å². The van der Waals surface area contributed by atoms with Gasteiger partial charge in [-0.25, -0.2) is 9.78 Å². The zero-order valence-corrected chi connectivity index (χ0v) is 13.0. The number of nitrogens with zero attached hydrogens (tertiary/aromatic N) is 1. The third-order valence-corrected chi connectivity index (χ3v) is 4.39. The summed E-state index contributed by atoms with van der Waals surface area (Å²) in [6, 6.07) is 3.53. The molecular weight excluding hydrogens is 268 g/mol. The molecule has 1 aliphatic rings. The molecule has 0 aliphatic carbocycles. The maximum atomic E-state index is 11.3. The maximum Gasteiger partial charge on any atom is 0.339 e. The predicted octanol–water partition coefficient (Wildman–Crippen LogP) is 3.24. The lowest BCUT2D eigenvalue weighted by Gasteiger charge is -2.40. The Hall–Kier alpha value is -1.62. The van der Waals surface area contributed by atoms with Crippen molar-refractivity contribution in [2.45, 2.75) is 58.1 Å². The Labute approximate surface area is 125 Å². The summed E-state index contributed by atoms with van der Waals surface area (Å²) in [4.78, 5) is 15.7. The highest BCUT2D eigenvalue weighted by molar-refractivity contribution is 5.93. The molecule has 0 bridgehead atoms. The van der Waals surface area contributed by atoms with Gasteiger partial charge in [0.05, 0.1) is 5.60 Å². The summed E-state index contributed by atoms with van der Waals surface area (Å²) < 4.78 is 5.96. The first kappa shape index (κ1) is 15.8. The van der Waals surface area contributed by atoms with Gasteiger partial charge in [0.1, 0.15) is 11.4 Å². The average Bonchev–Trinajstić information content (AvgIpc) is 2.47. The second kappa shape index (κ2) is 6.43. The molecule has 2 N–H and O–H groups in total. The molecule has 21 heavy (non-hydrogen) atoms. The van der Waals surface area contributed by atoms with Crippen molar-refractivity contribution < 1.29 is 14.6 Å². The number of nitrogens with one attached hydrogen (secondary N) is 1. The van der Waals surface area contributed by atoms with Crippen LogP contribution in [-0.4, -0.2) is 34.3 Å². The number of pyridine rings is 1. The molecule has 1 aromatic rings. The summed E-state index contributed by atoms with van der Waals surface area (Å²) in [6.07, 6.45) is 3.69. The Balaban J connectivity index is 2.18. The topological polar surface area (TPSA) is 71.5 Å². The molecule has 1 unspecified atom stereocenters. The molecule has 5 heteroatoms. The fourth-order valence-corrected chi connectivity index (χ4v) is 2.93. The zero-order valence-electron chi connectivity index (χ0n) is 13.0. The first-order valence-corrected chi connectivity index (χ1v) is 7.61. The smallest absolute Gasteiger partial charge is 0.339 e. The lowest BCUT2D eigenvalue weighted by Crippen LogP contribution is -2.44. The number of carbonyl (C=O) groups is 1. The van der Waals surface area contributed by atoms with Gasteiger partial charge in [-0.2, -0.15) is 0 Å². The van der Waals surface area contributed by atoms with Gasteiger partial charge in [0, 0.05) is 18.3 Å². The normalized spacial score (nSPS) is 21.0. The highest BCUT2D eigenvalue weighted by Gasteiger charge is 2.34. The van der Waals surface area contributed by atoms with Crippen LogP contribution in [0.2, 0.25) is 0 Å². The monoisotopic (exact) mass is 292 g/mol. The first-order valence-electron chi connectivity index (χ1n) is 7.61. The summed E-state index contributed by atoms with van der Waals surface area (Å²) in [6.45, 7) is 6.84. The van der Waals surface area contributed by atoms with E-state index < -0.39 is 5.97 Å². The van der Waals surface area contributed by atoms with Crippen molar-refractivity contribution in [1.29, 1.82) is 0 Å². The van der Waals surface area contributed by atoms with E-state index in [0.29, 0.717) is 12.4 Å². The van der Waals surface area contributed by atoms with Crippen molar-refractivity contribution in [2.75, 3.05) is 11.9 Å². The van der Waals surface area contributed by atoms with Gasteiger partial charge in [-0.15, -0.1) is 0 Å². The minimum Gasteiger partial charge on any atom is -0.478 e. The van der Waals surface area contributed by atoms with Crippen LogP contribution in [0, 0.1) is 6.92 Å². The molecule has 5 nitrogen and oxygen atoms in total. The second-order valence-electron chi connectivity index (χ2n) is 5.73. The fraction of sp³-hybridized carbons (Fsp3) is 0.625. The Morgan fingerprint density at radius 1 is 1.48 bits per heavy atom. The van der Waals surface area contributed by atoms with E-state index in [-0.39, 0.29) is 17.2 Å². The molecule has 116 valence electrons. The molecule has 0 saturated carbocycles. The Morgan fingerprint density at radius 2 is 2.19 bits per heavy atom. The molecule has 0 amide bonds. The van der Waals surface area contributed by atoms with Gasteiger partial charge in [0.2, 0.25) is 0 Å². The zero-order chi connectivity index (χ0) is 15.5.